The fourth-order valence-corrected chi connectivity index (χ4v) is 4.04. The molecule has 1 atom stereocenters. The highest BCUT2D eigenvalue weighted by Gasteiger charge is 2.30. The van der Waals surface area contributed by atoms with Gasteiger partial charge in [0, 0.05) is 43.0 Å². The number of rotatable bonds is 6. The number of nitrogens with one attached hydrogen (secondary N) is 2. The molecular formula is C20H30N4O4. The van der Waals surface area contributed by atoms with Crippen LogP contribution in [0.2, 0.25) is 0 Å². The number of aromatic nitrogens is 2. The van der Waals surface area contributed by atoms with Crippen LogP contribution >= 0.6 is 0 Å². The number of hydrogen-bond acceptors (Lipinski definition) is 5. The van der Waals surface area contributed by atoms with E-state index >= 15 is 0 Å². The van der Waals surface area contributed by atoms with Gasteiger partial charge in [-0.3, -0.25) is 14.2 Å². The average Bonchev–Trinajstić information content (AvgIpc) is 3.19. The standard InChI is InChI=1S/C20H30N4O4/c1-13-11-14(2)24(20(27)22-13)9-8-21-18(25)15-3-5-17(6-4-15)23-19(26)16-7-10-28-12-16/h11,15-17H,3-10,12H2,1-2H3,(H,21,25)(H,23,26). The first-order valence-electron chi connectivity index (χ1n) is 10.1. The van der Waals surface area contributed by atoms with Crippen LogP contribution in [-0.2, 0) is 20.9 Å². The number of hydrogen-bond donors (Lipinski definition) is 2. The maximum Gasteiger partial charge on any atom is 0.348 e. The lowest BCUT2D eigenvalue weighted by Gasteiger charge is -2.29. The van der Waals surface area contributed by atoms with Gasteiger partial charge in [0.15, 0.2) is 0 Å². The smallest absolute Gasteiger partial charge is 0.348 e. The molecule has 0 spiro atoms. The summed E-state index contributed by atoms with van der Waals surface area (Å²) in [7, 11) is 0. The maximum absolute atomic E-state index is 12.4. The van der Waals surface area contributed by atoms with E-state index in [1.165, 1.54) is 0 Å². The van der Waals surface area contributed by atoms with Gasteiger partial charge in [-0.1, -0.05) is 0 Å². The van der Waals surface area contributed by atoms with E-state index in [1.807, 2.05) is 13.0 Å². The first-order chi connectivity index (χ1) is 13.4. The zero-order chi connectivity index (χ0) is 20.1. The minimum Gasteiger partial charge on any atom is -0.381 e. The highest BCUT2D eigenvalue weighted by molar-refractivity contribution is 5.80. The van der Waals surface area contributed by atoms with Crippen molar-refractivity contribution in [3.8, 4) is 0 Å². The van der Waals surface area contributed by atoms with Gasteiger partial charge < -0.3 is 15.4 Å². The summed E-state index contributed by atoms with van der Waals surface area (Å²) in [6.45, 7) is 5.66. The Balaban J connectivity index is 1.39. The molecule has 1 saturated carbocycles. The fraction of sp³-hybridized carbons (Fsp3) is 0.700. The van der Waals surface area contributed by atoms with Crippen LogP contribution in [0.1, 0.15) is 43.5 Å². The molecule has 1 saturated heterocycles. The molecule has 1 aliphatic heterocycles. The van der Waals surface area contributed by atoms with Gasteiger partial charge in [0.25, 0.3) is 0 Å². The van der Waals surface area contributed by atoms with Gasteiger partial charge in [-0.15, -0.1) is 0 Å². The van der Waals surface area contributed by atoms with Crippen LogP contribution < -0.4 is 16.3 Å². The van der Waals surface area contributed by atoms with Crippen molar-refractivity contribution in [1.29, 1.82) is 0 Å². The van der Waals surface area contributed by atoms with Crippen molar-refractivity contribution < 1.29 is 14.3 Å². The van der Waals surface area contributed by atoms with Crippen molar-refractivity contribution in [2.75, 3.05) is 19.8 Å². The van der Waals surface area contributed by atoms with Crippen LogP contribution in [-0.4, -0.2) is 47.2 Å². The molecule has 3 rings (SSSR count). The molecule has 154 valence electrons. The van der Waals surface area contributed by atoms with Crippen LogP contribution in [0.15, 0.2) is 10.9 Å². The van der Waals surface area contributed by atoms with Crippen molar-refractivity contribution in [3.05, 3.63) is 27.9 Å². The van der Waals surface area contributed by atoms with E-state index in [9.17, 15) is 14.4 Å². The van der Waals surface area contributed by atoms with Crippen molar-refractivity contribution >= 4 is 11.8 Å². The summed E-state index contributed by atoms with van der Waals surface area (Å²) in [5.74, 6) is 0.0544. The number of amides is 2. The molecule has 2 amide bonds. The molecule has 0 radical (unpaired) electrons. The predicted molar refractivity (Wildman–Crippen MR) is 104 cm³/mol. The van der Waals surface area contributed by atoms with E-state index in [1.54, 1.807) is 11.5 Å². The fourth-order valence-electron chi connectivity index (χ4n) is 4.04. The number of nitrogens with zero attached hydrogens (tertiary/aromatic N) is 2. The van der Waals surface area contributed by atoms with Crippen LogP contribution in [0.3, 0.4) is 0 Å². The molecule has 1 aromatic rings. The Kier molecular flexibility index (Phi) is 6.83. The number of aryl methyl sites for hydroxylation is 2. The largest absolute Gasteiger partial charge is 0.381 e. The highest BCUT2D eigenvalue weighted by atomic mass is 16.5. The lowest BCUT2D eigenvalue weighted by atomic mass is 9.85. The van der Waals surface area contributed by atoms with Crippen molar-refractivity contribution in [1.82, 2.24) is 20.2 Å². The topological polar surface area (TPSA) is 102 Å². The molecule has 2 aliphatic rings. The van der Waals surface area contributed by atoms with Crippen LogP contribution in [0, 0.1) is 25.7 Å². The Morgan fingerprint density at radius 2 is 1.89 bits per heavy atom. The zero-order valence-electron chi connectivity index (χ0n) is 16.7. The minimum absolute atomic E-state index is 0.0239. The molecule has 2 heterocycles. The SMILES string of the molecule is Cc1cc(C)n(CCNC(=O)C2CCC(NC(=O)C3CCOC3)CC2)c(=O)n1. The Labute approximate surface area is 165 Å². The Bertz CT molecular complexity index is 762. The third kappa shape index (κ3) is 5.19. The molecule has 1 aromatic heterocycles. The Morgan fingerprint density at radius 1 is 1.14 bits per heavy atom. The molecule has 2 N–H and O–H groups in total. The summed E-state index contributed by atoms with van der Waals surface area (Å²) in [6, 6.07) is 2.01. The van der Waals surface area contributed by atoms with Gasteiger partial charge in [0.1, 0.15) is 0 Å². The normalized spacial score (nSPS) is 24.7. The van der Waals surface area contributed by atoms with Gasteiger partial charge in [0.05, 0.1) is 12.5 Å². The third-order valence-electron chi connectivity index (χ3n) is 5.73. The minimum atomic E-state index is -0.282. The van der Waals surface area contributed by atoms with E-state index in [4.69, 9.17) is 4.74 Å². The second-order valence-corrected chi connectivity index (χ2v) is 7.88. The third-order valence-corrected chi connectivity index (χ3v) is 5.73. The predicted octanol–water partition coefficient (Wildman–Crippen LogP) is 0.688. The van der Waals surface area contributed by atoms with Crippen molar-refractivity contribution in [2.24, 2.45) is 11.8 Å². The van der Waals surface area contributed by atoms with Crippen molar-refractivity contribution in [2.45, 2.75) is 58.5 Å². The molecule has 8 heteroatoms. The summed E-state index contributed by atoms with van der Waals surface area (Å²) in [4.78, 5) is 40.5. The van der Waals surface area contributed by atoms with E-state index in [0.717, 1.165) is 37.8 Å². The Hall–Kier alpha value is -2.22. The number of carbonyl (C=O) groups excluding carboxylic acids is 2. The van der Waals surface area contributed by atoms with Gasteiger partial charge in [-0.05, 0) is 52.0 Å². The average molecular weight is 390 g/mol. The Morgan fingerprint density at radius 3 is 2.54 bits per heavy atom. The van der Waals surface area contributed by atoms with Crippen LogP contribution in [0.5, 0.6) is 0 Å². The van der Waals surface area contributed by atoms with Gasteiger partial charge in [-0.2, -0.15) is 4.98 Å². The second-order valence-electron chi connectivity index (χ2n) is 7.88. The van der Waals surface area contributed by atoms with E-state index in [2.05, 4.69) is 15.6 Å². The van der Waals surface area contributed by atoms with Gasteiger partial charge in [-0.25, -0.2) is 4.79 Å². The lowest BCUT2D eigenvalue weighted by molar-refractivity contribution is -0.126. The zero-order valence-corrected chi connectivity index (χ0v) is 16.7. The molecule has 1 aliphatic carbocycles. The summed E-state index contributed by atoms with van der Waals surface area (Å²) in [6.07, 6.45) is 3.96. The van der Waals surface area contributed by atoms with Crippen molar-refractivity contribution in [3.63, 3.8) is 0 Å². The monoisotopic (exact) mass is 390 g/mol. The number of ether oxygens (including phenoxy) is 1. The molecular weight excluding hydrogens is 360 g/mol. The van der Waals surface area contributed by atoms with Gasteiger partial charge in [0.2, 0.25) is 11.8 Å². The maximum atomic E-state index is 12.4. The van der Waals surface area contributed by atoms with Crippen LogP contribution in [0.4, 0.5) is 0 Å². The summed E-state index contributed by atoms with van der Waals surface area (Å²) in [5.41, 5.74) is 1.26. The molecule has 2 fully saturated rings. The molecule has 0 aromatic carbocycles. The highest BCUT2D eigenvalue weighted by Crippen LogP contribution is 2.25. The van der Waals surface area contributed by atoms with Gasteiger partial charge >= 0.3 is 5.69 Å². The molecule has 0 bridgehead atoms. The lowest BCUT2D eigenvalue weighted by Crippen LogP contribution is -2.43. The second kappa shape index (κ2) is 9.32. The van der Waals surface area contributed by atoms with Crippen LogP contribution in [0.25, 0.3) is 0 Å². The van der Waals surface area contributed by atoms with E-state index in [-0.39, 0.29) is 35.4 Å². The first-order valence-corrected chi connectivity index (χ1v) is 10.1. The first kappa shape index (κ1) is 20.5. The van der Waals surface area contributed by atoms with E-state index < -0.39 is 0 Å². The van der Waals surface area contributed by atoms with E-state index in [0.29, 0.717) is 32.0 Å². The number of carbonyl (C=O) groups is 2. The molecule has 1 unspecified atom stereocenters. The molecule has 8 nitrogen and oxygen atoms in total. The quantitative estimate of drug-likeness (QED) is 0.744. The summed E-state index contributed by atoms with van der Waals surface area (Å²) < 4.78 is 6.84. The summed E-state index contributed by atoms with van der Waals surface area (Å²) in [5, 5.41) is 6.05. The summed E-state index contributed by atoms with van der Waals surface area (Å²) >= 11 is 0. The molecule has 28 heavy (non-hydrogen) atoms.